The SMILES string of the molecule is CCOC(=O)Cc1csc(NN=Cc2cc(Br)ccc2OCC)n1. The molecule has 1 aromatic carbocycles. The molecule has 1 aromatic heterocycles. The number of nitrogens with zero attached hydrogens (tertiary/aromatic N) is 2. The van der Waals surface area contributed by atoms with E-state index in [4.69, 9.17) is 9.47 Å². The van der Waals surface area contributed by atoms with Crippen molar-refractivity contribution in [3.63, 3.8) is 0 Å². The average molecular weight is 412 g/mol. The van der Waals surface area contributed by atoms with Crippen LogP contribution in [0.5, 0.6) is 5.75 Å². The number of hydrazone groups is 1. The minimum absolute atomic E-state index is 0.163. The van der Waals surface area contributed by atoms with E-state index in [0.29, 0.717) is 24.0 Å². The van der Waals surface area contributed by atoms with E-state index in [-0.39, 0.29) is 12.4 Å². The lowest BCUT2D eigenvalue weighted by Gasteiger charge is -2.06. The first-order valence-corrected chi connectivity index (χ1v) is 9.11. The Labute approximate surface area is 153 Å². The Bertz CT molecular complexity index is 718. The highest BCUT2D eigenvalue weighted by atomic mass is 79.9. The number of rotatable bonds is 8. The van der Waals surface area contributed by atoms with E-state index < -0.39 is 0 Å². The summed E-state index contributed by atoms with van der Waals surface area (Å²) in [5.74, 6) is 0.474. The molecule has 24 heavy (non-hydrogen) atoms. The maximum Gasteiger partial charge on any atom is 0.311 e. The van der Waals surface area contributed by atoms with Crippen molar-refractivity contribution >= 4 is 44.6 Å². The van der Waals surface area contributed by atoms with Gasteiger partial charge in [-0.3, -0.25) is 10.2 Å². The standard InChI is InChI=1S/C16H18BrN3O3S/c1-3-22-14-6-5-12(17)7-11(14)9-18-20-16-19-13(10-24-16)8-15(21)23-4-2/h5-7,9-10H,3-4,8H2,1-2H3,(H,19,20). The zero-order chi connectivity index (χ0) is 17.4. The van der Waals surface area contributed by atoms with E-state index in [1.165, 1.54) is 11.3 Å². The molecule has 1 heterocycles. The summed E-state index contributed by atoms with van der Waals surface area (Å²) in [6.45, 7) is 4.66. The normalized spacial score (nSPS) is 10.8. The third-order valence-corrected chi connectivity index (χ3v) is 4.11. The van der Waals surface area contributed by atoms with Crippen molar-refractivity contribution in [3.8, 4) is 5.75 Å². The van der Waals surface area contributed by atoms with Gasteiger partial charge in [0.05, 0.1) is 31.5 Å². The van der Waals surface area contributed by atoms with Crippen LogP contribution in [0, 0.1) is 0 Å². The molecule has 8 heteroatoms. The third-order valence-electron chi connectivity index (χ3n) is 2.82. The zero-order valence-corrected chi connectivity index (χ0v) is 15.8. The van der Waals surface area contributed by atoms with Crippen LogP contribution in [0.3, 0.4) is 0 Å². The molecule has 0 aliphatic heterocycles. The lowest BCUT2D eigenvalue weighted by molar-refractivity contribution is -0.142. The summed E-state index contributed by atoms with van der Waals surface area (Å²) in [7, 11) is 0. The van der Waals surface area contributed by atoms with Crippen molar-refractivity contribution in [1.82, 2.24) is 4.98 Å². The van der Waals surface area contributed by atoms with Crippen LogP contribution >= 0.6 is 27.3 Å². The second kappa shape index (κ2) is 9.39. The molecule has 6 nitrogen and oxygen atoms in total. The van der Waals surface area contributed by atoms with Gasteiger partial charge in [0.1, 0.15) is 5.75 Å². The maximum atomic E-state index is 11.4. The van der Waals surface area contributed by atoms with Gasteiger partial charge in [0.2, 0.25) is 5.13 Å². The van der Waals surface area contributed by atoms with Crippen molar-refractivity contribution in [2.75, 3.05) is 18.6 Å². The predicted molar refractivity (Wildman–Crippen MR) is 99.0 cm³/mol. The molecule has 0 aliphatic rings. The Morgan fingerprint density at radius 3 is 3.00 bits per heavy atom. The molecule has 0 unspecified atom stereocenters. The molecular formula is C16H18BrN3O3S. The quantitative estimate of drug-likeness (QED) is 0.405. The highest BCUT2D eigenvalue weighted by Gasteiger charge is 2.08. The topological polar surface area (TPSA) is 72.8 Å². The van der Waals surface area contributed by atoms with E-state index in [1.807, 2.05) is 25.1 Å². The number of carbonyl (C=O) groups excluding carboxylic acids is 1. The number of ether oxygens (including phenoxy) is 2. The molecule has 0 radical (unpaired) electrons. The number of anilines is 1. The van der Waals surface area contributed by atoms with Crippen LogP contribution in [0.25, 0.3) is 0 Å². The molecule has 0 bridgehead atoms. The number of hydrogen-bond acceptors (Lipinski definition) is 7. The number of aromatic nitrogens is 1. The molecule has 0 saturated carbocycles. The number of halogens is 1. The molecule has 0 amide bonds. The van der Waals surface area contributed by atoms with Gasteiger partial charge in [-0.1, -0.05) is 15.9 Å². The summed E-state index contributed by atoms with van der Waals surface area (Å²) >= 11 is 4.81. The van der Waals surface area contributed by atoms with Gasteiger partial charge in [-0.15, -0.1) is 11.3 Å². The van der Waals surface area contributed by atoms with Crippen LogP contribution in [-0.4, -0.2) is 30.4 Å². The van der Waals surface area contributed by atoms with Crippen molar-refractivity contribution in [1.29, 1.82) is 0 Å². The third kappa shape index (κ3) is 5.61. The van der Waals surface area contributed by atoms with Crippen molar-refractivity contribution in [3.05, 3.63) is 39.3 Å². The number of thiazole rings is 1. The summed E-state index contributed by atoms with van der Waals surface area (Å²) in [5.41, 5.74) is 4.37. The first-order valence-electron chi connectivity index (χ1n) is 7.43. The summed E-state index contributed by atoms with van der Waals surface area (Å²) in [6.07, 6.45) is 1.83. The zero-order valence-electron chi connectivity index (χ0n) is 13.4. The lowest BCUT2D eigenvalue weighted by Crippen LogP contribution is -2.07. The van der Waals surface area contributed by atoms with Gasteiger partial charge in [0, 0.05) is 15.4 Å². The second-order valence-electron chi connectivity index (χ2n) is 4.61. The van der Waals surface area contributed by atoms with Gasteiger partial charge >= 0.3 is 5.97 Å². The van der Waals surface area contributed by atoms with Crippen LogP contribution in [-0.2, 0) is 16.0 Å². The average Bonchev–Trinajstić information content (AvgIpc) is 2.97. The second-order valence-corrected chi connectivity index (χ2v) is 6.38. The first kappa shape index (κ1) is 18.4. The fourth-order valence-electron chi connectivity index (χ4n) is 1.86. The van der Waals surface area contributed by atoms with Crippen molar-refractivity contribution in [2.45, 2.75) is 20.3 Å². The number of esters is 1. The summed E-state index contributed by atoms with van der Waals surface area (Å²) < 4.78 is 11.4. The Kier molecular flexibility index (Phi) is 7.20. The van der Waals surface area contributed by atoms with Crippen molar-refractivity contribution < 1.29 is 14.3 Å². The predicted octanol–water partition coefficient (Wildman–Crippen LogP) is 3.86. The fourth-order valence-corrected chi connectivity index (χ4v) is 2.90. The van der Waals surface area contributed by atoms with E-state index in [1.54, 1.807) is 18.5 Å². The highest BCUT2D eigenvalue weighted by molar-refractivity contribution is 9.10. The Morgan fingerprint density at radius 1 is 1.42 bits per heavy atom. The largest absolute Gasteiger partial charge is 0.493 e. The molecule has 0 saturated heterocycles. The van der Waals surface area contributed by atoms with Crippen LogP contribution in [0.15, 0.2) is 33.2 Å². The van der Waals surface area contributed by atoms with Crippen LogP contribution in [0.4, 0.5) is 5.13 Å². The highest BCUT2D eigenvalue weighted by Crippen LogP contribution is 2.22. The van der Waals surface area contributed by atoms with Gasteiger partial charge in [-0.25, -0.2) is 4.98 Å². The summed E-state index contributed by atoms with van der Waals surface area (Å²) in [6, 6.07) is 5.72. The number of benzene rings is 1. The molecule has 0 aliphatic carbocycles. The maximum absolute atomic E-state index is 11.4. The number of carbonyl (C=O) groups is 1. The summed E-state index contributed by atoms with van der Waals surface area (Å²) in [5, 5.41) is 6.60. The van der Waals surface area contributed by atoms with Crippen LogP contribution in [0.1, 0.15) is 25.1 Å². The minimum atomic E-state index is -0.284. The Morgan fingerprint density at radius 2 is 2.25 bits per heavy atom. The van der Waals surface area contributed by atoms with Gasteiger partial charge in [-0.2, -0.15) is 5.10 Å². The molecule has 2 rings (SSSR count). The molecule has 128 valence electrons. The van der Waals surface area contributed by atoms with E-state index >= 15 is 0 Å². The Balaban J connectivity index is 1.98. The van der Waals surface area contributed by atoms with Gasteiger partial charge in [0.15, 0.2) is 0 Å². The van der Waals surface area contributed by atoms with Gasteiger partial charge in [0.25, 0.3) is 0 Å². The summed E-state index contributed by atoms with van der Waals surface area (Å²) in [4.78, 5) is 15.7. The lowest BCUT2D eigenvalue weighted by atomic mass is 10.2. The van der Waals surface area contributed by atoms with Crippen molar-refractivity contribution in [2.24, 2.45) is 5.10 Å². The van der Waals surface area contributed by atoms with E-state index in [2.05, 4.69) is 31.4 Å². The molecule has 0 fully saturated rings. The first-order chi connectivity index (χ1) is 11.6. The van der Waals surface area contributed by atoms with E-state index in [9.17, 15) is 4.79 Å². The number of nitrogens with one attached hydrogen (secondary N) is 1. The molecular weight excluding hydrogens is 394 g/mol. The van der Waals surface area contributed by atoms with Crippen LogP contribution < -0.4 is 10.2 Å². The van der Waals surface area contributed by atoms with E-state index in [0.717, 1.165) is 15.8 Å². The fraction of sp³-hybridized carbons (Fsp3) is 0.312. The monoisotopic (exact) mass is 411 g/mol. The van der Waals surface area contributed by atoms with Gasteiger partial charge < -0.3 is 9.47 Å². The minimum Gasteiger partial charge on any atom is -0.493 e. The molecule has 0 spiro atoms. The molecule has 2 aromatic rings. The molecule has 1 N–H and O–H groups in total. The smallest absolute Gasteiger partial charge is 0.311 e. The van der Waals surface area contributed by atoms with Crippen LogP contribution in [0.2, 0.25) is 0 Å². The van der Waals surface area contributed by atoms with Gasteiger partial charge in [-0.05, 0) is 32.0 Å². The number of hydrogen-bond donors (Lipinski definition) is 1. The molecule has 0 atom stereocenters. The Hall–Kier alpha value is -1.93.